The van der Waals surface area contributed by atoms with Crippen LogP contribution in [0.1, 0.15) is 5.56 Å². The lowest BCUT2D eigenvalue weighted by Gasteiger charge is -2.05. The molecule has 1 N–H and O–H groups in total. The number of imidazole rings is 1. The molecule has 0 bridgehead atoms. The van der Waals surface area contributed by atoms with Crippen LogP contribution in [0, 0.1) is 0 Å². The minimum absolute atomic E-state index is 0.266. The van der Waals surface area contributed by atoms with E-state index in [4.69, 9.17) is 34.8 Å². The van der Waals surface area contributed by atoms with E-state index >= 15 is 0 Å². The van der Waals surface area contributed by atoms with Gasteiger partial charge in [0.25, 0.3) is 5.56 Å². The molecule has 148 valence electrons. The van der Waals surface area contributed by atoms with E-state index in [0.717, 1.165) is 17.5 Å². The van der Waals surface area contributed by atoms with Crippen LogP contribution in [0.25, 0.3) is 22.6 Å². The molecule has 0 spiro atoms. The molecule has 0 aliphatic rings. The van der Waals surface area contributed by atoms with Gasteiger partial charge in [-0.3, -0.25) is 9.78 Å². The summed E-state index contributed by atoms with van der Waals surface area (Å²) in [6.07, 6.45) is 0.726. The number of halogens is 3. The van der Waals surface area contributed by atoms with Gasteiger partial charge in [0, 0.05) is 33.4 Å². The highest BCUT2D eigenvalue weighted by molar-refractivity contribution is 7.99. The molecule has 0 radical (unpaired) electrons. The van der Waals surface area contributed by atoms with Crippen LogP contribution in [-0.2, 0) is 13.5 Å². The molecule has 2 aromatic heterocycles. The molecule has 4 aromatic rings. The molecule has 0 saturated carbocycles. The van der Waals surface area contributed by atoms with E-state index in [-0.39, 0.29) is 5.56 Å². The Labute approximate surface area is 186 Å². The first-order chi connectivity index (χ1) is 13.9. The van der Waals surface area contributed by atoms with Crippen molar-refractivity contribution in [2.24, 2.45) is 7.05 Å². The molecule has 0 saturated heterocycles. The van der Waals surface area contributed by atoms with Gasteiger partial charge in [0.2, 0.25) is 0 Å². The van der Waals surface area contributed by atoms with Crippen molar-refractivity contribution in [1.82, 2.24) is 19.5 Å². The first-order valence-electron chi connectivity index (χ1n) is 8.72. The number of H-pyrrole nitrogens is 1. The number of aromatic nitrogens is 4. The Balaban J connectivity index is 1.59. The molecule has 5 nitrogen and oxygen atoms in total. The zero-order valence-corrected chi connectivity index (χ0v) is 18.3. The number of hydrogen-bond donors (Lipinski definition) is 1. The van der Waals surface area contributed by atoms with Crippen molar-refractivity contribution >= 4 is 57.7 Å². The van der Waals surface area contributed by atoms with Gasteiger partial charge in [-0.1, -0.05) is 52.6 Å². The van der Waals surface area contributed by atoms with E-state index in [1.54, 1.807) is 18.2 Å². The molecular weight excluding hydrogens is 451 g/mol. The molecule has 9 heteroatoms. The van der Waals surface area contributed by atoms with E-state index in [9.17, 15) is 4.79 Å². The van der Waals surface area contributed by atoms with Gasteiger partial charge < -0.3 is 4.57 Å². The summed E-state index contributed by atoms with van der Waals surface area (Å²) in [6.45, 7) is 0. The lowest BCUT2D eigenvalue weighted by atomic mass is 10.2. The summed E-state index contributed by atoms with van der Waals surface area (Å²) in [5.41, 5.74) is 2.43. The van der Waals surface area contributed by atoms with Gasteiger partial charge in [0.15, 0.2) is 16.3 Å². The minimum Gasteiger partial charge on any atom is -0.312 e. The van der Waals surface area contributed by atoms with E-state index in [2.05, 4.69) is 15.0 Å². The van der Waals surface area contributed by atoms with E-state index in [1.165, 1.54) is 11.8 Å². The van der Waals surface area contributed by atoms with Crippen molar-refractivity contribution in [3.05, 3.63) is 73.4 Å². The van der Waals surface area contributed by atoms with Crippen molar-refractivity contribution in [3.8, 4) is 11.4 Å². The van der Waals surface area contributed by atoms with Gasteiger partial charge in [-0.2, -0.15) is 0 Å². The Morgan fingerprint density at radius 1 is 1.03 bits per heavy atom. The number of benzene rings is 2. The number of aromatic amines is 1. The number of aryl methyl sites for hydroxylation is 2. The summed E-state index contributed by atoms with van der Waals surface area (Å²) in [4.78, 5) is 24.4. The number of nitrogens with zero attached hydrogens (tertiary/aromatic N) is 3. The standard InChI is InChI=1S/C20H15Cl3N4OS/c1-27-17(12-3-5-13(21)6-4-12)24-16-18(27)25-20(26-19(16)28)29-9-8-11-2-7-14(22)10-15(11)23/h2-7,10H,8-9H2,1H3,(H,25,26,28). The summed E-state index contributed by atoms with van der Waals surface area (Å²) >= 11 is 19.6. The van der Waals surface area contributed by atoms with Crippen LogP contribution in [0.3, 0.4) is 0 Å². The normalized spacial score (nSPS) is 11.3. The molecule has 4 rings (SSSR count). The fourth-order valence-electron chi connectivity index (χ4n) is 2.96. The first-order valence-corrected chi connectivity index (χ1v) is 10.8. The van der Waals surface area contributed by atoms with Crippen molar-refractivity contribution in [2.75, 3.05) is 5.75 Å². The van der Waals surface area contributed by atoms with Gasteiger partial charge in [-0.15, -0.1) is 0 Å². The Morgan fingerprint density at radius 3 is 2.48 bits per heavy atom. The maximum atomic E-state index is 12.5. The molecule has 0 fully saturated rings. The van der Waals surface area contributed by atoms with Crippen molar-refractivity contribution in [1.29, 1.82) is 0 Å². The highest BCUT2D eigenvalue weighted by Gasteiger charge is 2.15. The third kappa shape index (κ3) is 4.31. The van der Waals surface area contributed by atoms with Crippen LogP contribution >= 0.6 is 46.6 Å². The summed E-state index contributed by atoms with van der Waals surface area (Å²) in [6, 6.07) is 12.8. The summed E-state index contributed by atoms with van der Waals surface area (Å²) in [5, 5.41) is 2.42. The fraction of sp³-hybridized carbons (Fsp3) is 0.150. The molecule has 0 aliphatic heterocycles. The van der Waals surface area contributed by atoms with Crippen LogP contribution in [0.5, 0.6) is 0 Å². The molecule has 0 unspecified atom stereocenters. The van der Waals surface area contributed by atoms with E-state index in [1.807, 2.05) is 35.9 Å². The minimum atomic E-state index is -0.266. The summed E-state index contributed by atoms with van der Waals surface area (Å²) in [5.74, 6) is 1.36. The lowest BCUT2D eigenvalue weighted by Crippen LogP contribution is -2.10. The third-order valence-corrected chi connectivity index (χ3v) is 6.15. The smallest absolute Gasteiger partial charge is 0.279 e. The highest BCUT2D eigenvalue weighted by Crippen LogP contribution is 2.25. The average molecular weight is 466 g/mol. The highest BCUT2D eigenvalue weighted by atomic mass is 35.5. The first kappa shape index (κ1) is 20.3. The number of fused-ring (bicyclic) bond motifs is 1. The van der Waals surface area contributed by atoms with Gasteiger partial charge in [-0.25, -0.2) is 9.97 Å². The van der Waals surface area contributed by atoms with E-state index < -0.39 is 0 Å². The van der Waals surface area contributed by atoms with Gasteiger partial charge >= 0.3 is 0 Å². The van der Waals surface area contributed by atoms with Crippen LogP contribution < -0.4 is 5.56 Å². The predicted molar refractivity (Wildman–Crippen MR) is 120 cm³/mol. The lowest BCUT2D eigenvalue weighted by molar-refractivity contribution is 0.899. The van der Waals surface area contributed by atoms with Crippen LogP contribution in [0.4, 0.5) is 0 Å². The van der Waals surface area contributed by atoms with Crippen LogP contribution in [-0.4, -0.2) is 25.3 Å². The van der Waals surface area contributed by atoms with Crippen molar-refractivity contribution in [3.63, 3.8) is 0 Å². The summed E-state index contributed by atoms with van der Waals surface area (Å²) in [7, 11) is 1.84. The number of nitrogens with one attached hydrogen (secondary N) is 1. The largest absolute Gasteiger partial charge is 0.312 e. The number of thioether (sulfide) groups is 1. The van der Waals surface area contributed by atoms with Gasteiger partial charge in [-0.05, 0) is 48.4 Å². The number of hydrogen-bond acceptors (Lipinski definition) is 4. The Kier molecular flexibility index (Phi) is 5.88. The topological polar surface area (TPSA) is 63.6 Å². The number of rotatable bonds is 5. The van der Waals surface area contributed by atoms with Gasteiger partial charge in [0.1, 0.15) is 5.82 Å². The average Bonchev–Trinajstić information content (AvgIpc) is 3.02. The van der Waals surface area contributed by atoms with Crippen molar-refractivity contribution in [2.45, 2.75) is 11.6 Å². The third-order valence-electron chi connectivity index (χ3n) is 4.44. The SMILES string of the molecule is Cn1c(-c2ccc(Cl)cc2)nc2c(=O)[nH]c(SCCc3ccc(Cl)cc3Cl)nc21. The predicted octanol–water partition coefficient (Wildman–Crippen LogP) is 5.62. The van der Waals surface area contributed by atoms with Crippen molar-refractivity contribution < 1.29 is 0 Å². The molecule has 29 heavy (non-hydrogen) atoms. The summed E-state index contributed by atoms with van der Waals surface area (Å²) < 4.78 is 1.81. The van der Waals surface area contributed by atoms with E-state index in [0.29, 0.717) is 43.0 Å². The quantitative estimate of drug-likeness (QED) is 0.307. The fourth-order valence-corrected chi connectivity index (χ4v) is 4.42. The Morgan fingerprint density at radius 2 is 1.76 bits per heavy atom. The zero-order valence-electron chi connectivity index (χ0n) is 15.2. The Bertz CT molecular complexity index is 1250. The molecule has 0 amide bonds. The molecule has 0 atom stereocenters. The molecule has 0 aliphatic carbocycles. The Hall–Kier alpha value is -1.99. The monoisotopic (exact) mass is 464 g/mol. The molecular formula is C20H15Cl3N4OS. The molecule has 2 heterocycles. The second-order valence-corrected chi connectivity index (χ2v) is 8.74. The van der Waals surface area contributed by atoms with Crippen LogP contribution in [0.15, 0.2) is 52.4 Å². The van der Waals surface area contributed by atoms with Gasteiger partial charge in [0.05, 0.1) is 0 Å². The second-order valence-electron chi connectivity index (χ2n) is 6.38. The zero-order chi connectivity index (χ0) is 20.5. The maximum absolute atomic E-state index is 12.5. The molecule has 2 aromatic carbocycles. The second kappa shape index (κ2) is 8.40. The maximum Gasteiger partial charge on any atom is 0.279 e. The van der Waals surface area contributed by atoms with Crippen LogP contribution in [0.2, 0.25) is 15.1 Å².